The van der Waals surface area contributed by atoms with Gasteiger partial charge in [-0.2, -0.15) is 0 Å². The predicted octanol–water partition coefficient (Wildman–Crippen LogP) is 4.13. The average molecular weight is 209 g/mol. The SMILES string of the molecule is CC1(c2ccccc2)CCC(Cl)CC1. The van der Waals surface area contributed by atoms with Crippen molar-refractivity contribution in [1.29, 1.82) is 0 Å². The third kappa shape index (κ3) is 1.95. The second-order valence-corrected chi connectivity index (χ2v) is 5.22. The summed E-state index contributed by atoms with van der Waals surface area (Å²) in [4.78, 5) is 0. The van der Waals surface area contributed by atoms with Crippen molar-refractivity contribution >= 4 is 11.6 Å². The van der Waals surface area contributed by atoms with E-state index in [1.165, 1.54) is 18.4 Å². The Balaban J connectivity index is 2.17. The standard InChI is InChI=1S/C13H17Cl/c1-13(9-7-12(14)8-10-13)11-5-3-2-4-6-11/h2-6,12H,7-10H2,1H3. The minimum absolute atomic E-state index is 0.368. The molecule has 1 aromatic rings. The molecule has 1 fully saturated rings. The molecule has 1 heteroatoms. The predicted molar refractivity (Wildman–Crippen MR) is 61.9 cm³/mol. The van der Waals surface area contributed by atoms with E-state index >= 15 is 0 Å². The number of hydrogen-bond donors (Lipinski definition) is 0. The van der Waals surface area contributed by atoms with Crippen LogP contribution < -0.4 is 0 Å². The van der Waals surface area contributed by atoms with E-state index in [1.54, 1.807) is 0 Å². The molecular weight excluding hydrogens is 192 g/mol. The van der Waals surface area contributed by atoms with E-state index in [9.17, 15) is 0 Å². The van der Waals surface area contributed by atoms with Crippen molar-refractivity contribution in [1.82, 2.24) is 0 Å². The number of rotatable bonds is 1. The van der Waals surface area contributed by atoms with Gasteiger partial charge in [0, 0.05) is 5.38 Å². The highest BCUT2D eigenvalue weighted by Crippen LogP contribution is 2.40. The van der Waals surface area contributed by atoms with Crippen molar-refractivity contribution in [3.63, 3.8) is 0 Å². The zero-order valence-corrected chi connectivity index (χ0v) is 9.43. The van der Waals surface area contributed by atoms with Gasteiger partial charge in [0.2, 0.25) is 0 Å². The van der Waals surface area contributed by atoms with E-state index in [2.05, 4.69) is 37.3 Å². The fourth-order valence-electron chi connectivity index (χ4n) is 2.35. The summed E-state index contributed by atoms with van der Waals surface area (Å²) < 4.78 is 0. The fourth-order valence-corrected chi connectivity index (χ4v) is 2.57. The van der Waals surface area contributed by atoms with Crippen molar-refractivity contribution in [2.24, 2.45) is 0 Å². The maximum atomic E-state index is 6.13. The first-order valence-corrected chi connectivity index (χ1v) is 5.84. The van der Waals surface area contributed by atoms with Crippen LogP contribution in [0.1, 0.15) is 38.2 Å². The van der Waals surface area contributed by atoms with Crippen LogP contribution >= 0.6 is 11.6 Å². The topological polar surface area (TPSA) is 0 Å². The lowest BCUT2D eigenvalue weighted by Gasteiger charge is -2.36. The molecule has 2 rings (SSSR count). The number of halogens is 1. The van der Waals surface area contributed by atoms with Gasteiger partial charge < -0.3 is 0 Å². The normalized spacial score (nSPS) is 32.9. The number of benzene rings is 1. The second kappa shape index (κ2) is 3.94. The van der Waals surface area contributed by atoms with Gasteiger partial charge in [-0.25, -0.2) is 0 Å². The first kappa shape index (κ1) is 10.0. The van der Waals surface area contributed by atoms with Gasteiger partial charge in [0.25, 0.3) is 0 Å². The lowest BCUT2D eigenvalue weighted by Crippen LogP contribution is -2.28. The first-order valence-electron chi connectivity index (χ1n) is 5.40. The van der Waals surface area contributed by atoms with E-state index in [1.807, 2.05) is 0 Å². The maximum absolute atomic E-state index is 6.13. The Morgan fingerprint density at radius 2 is 1.71 bits per heavy atom. The van der Waals surface area contributed by atoms with Crippen molar-refractivity contribution in [2.45, 2.75) is 43.4 Å². The van der Waals surface area contributed by atoms with Gasteiger partial charge in [-0.15, -0.1) is 11.6 Å². The lowest BCUT2D eigenvalue weighted by molar-refractivity contribution is 0.323. The van der Waals surface area contributed by atoms with Crippen LogP contribution in [-0.4, -0.2) is 5.38 Å². The van der Waals surface area contributed by atoms with Crippen LogP contribution in [0, 0.1) is 0 Å². The van der Waals surface area contributed by atoms with Crippen LogP contribution in [0.3, 0.4) is 0 Å². The van der Waals surface area contributed by atoms with E-state index in [4.69, 9.17) is 11.6 Å². The zero-order valence-electron chi connectivity index (χ0n) is 8.67. The zero-order chi connectivity index (χ0) is 10.0. The Morgan fingerprint density at radius 1 is 1.14 bits per heavy atom. The van der Waals surface area contributed by atoms with E-state index < -0.39 is 0 Å². The Morgan fingerprint density at radius 3 is 2.29 bits per heavy atom. The molecule has 1 saturated carbocycles. The van der Waals surface area contributed by atoms with E-state index in [0.717, 1.165) is 12.8 Å². The first-order chi connectivity index (χ1) is 6.71. The van der Waals surface area contributed by atoms with Crippen molar-refractivity contribution < 1.29 is 0 Å². The summed E-state index contributed by atoms with van der Waals surface area (Å²) in [6, 6.07) is 10.8. The summed E-state index contributed by atoms with van der Waals surface area (Å²) in [6.45, 7) is 2.37. The molecule has 76 valence electrons. The minimum Gasteiger partial charge on any atom is -0.123 e. The molecule has 0 N–H and O–H groups in total. The molecule has 1 aliphatic rings. The Bertz CT molecular complexity index is 283. The molecule has 0 bridgehead atoms. The van der Waals surface area contributed by atoms with Gasteiger partial charge in [-0.3, -0.25) is 0 Å². The van der Waals surface area contributed by atoms with Gasteiger partial charge in [0.15, 0.2) is 0 Å². The van der Waals surface area contributed by atoms with Gasteiger partial charge in [-0.1, -0.05) is 37.3 Å². The second-order valence-electron chi connectivity index (χ2n) is 4.60. The summed E-state index contributed by atoms with van der Waals surface area (Å²) in [7, 11) is 0. The summed E-state index contributed by atoms with van der Waals surface area (Å²) in [5, 5.41) is 0.409. The maximum Gasteiger partial charge on any atom is 0.0336 e. The number of hydrogen-bond acceptors (Lipinski definition) is 0. The van der Waals surface area contributed by atoms with Crippen LogP contribution in [0.4, 0.5) is 0 Å². The quantitative estimate of drug-likeness (QED) is 0.609. The minimum atomic E-state index is 0.368. The molecule has 0 amide bonds. The summed E-state index contributed by atoms with van der Waals surface area (Å²) in [6.07, 6.45) is 4.77. The molecule has 0 radical (unpaired) electrons. The summed E-state index contributed by atoms with van der Waals surface area (Å²) in [5.41, 5.74) is 1.84. The number of alkyl halides is 1. The molecule has 0 aromatic heterocycles. The Hall–Kier alpha value is -0.490. The molecular formula is C13H17Cl. The largest absolute Gasteiger partial charge is 0.123 e. The molecule has 0 nitrogen and oxygen atoms in total. The Labute approximate surface area is 91.3 Å². The summed E-state index contributed by atoms with van der Waals surface area (Å²) in [5.74, 6) is 0. The van der Waals surface area contributed by atoms with Gasteiger partial charge in [0.05, 0.1) is 0 Å². The van der Waals surface area contributed by atoms with Gasteiger partial charge in [0.1, 0.15) is 0 Å². The third-order valence-corrected chi connectivity index (χ3v) is 3.93. The smallest absolute Gasteiger partial charge is 0.0336 e. The molecule has 0 heterocycles. The molecule has 0 unspecified atom stereocenters. The van der Waals surface area contributed by atoms with Gasteiger partial charge >= 0.3 is 0 Å². The van der Waals surface area contributed by atoms with Crippen LogP contribution in [0.5, 0.6) is 0 Å². The Kier molecular flexibility index (Phi) is 2.83. The highest BCUT2D eigenvalue weighted by Gasteiger charge is 2.31. The van der Waals surface area contributed by atoms with Crippen molar-refractivity contribution in [3.8, 4) is 0 Å². The van der Waals surface area contributed by atoms with Crippen LogP contribution in [0.2, 0.25) is 0 Å². The molecule has 0 aliphatic heterocycles. The average Bonchev–Trinajstić information content (AvgIpc) is 2.24. The molecule has 0 spiro atoms. The lowest BCUT2D eigenvalue weighted by atomic mass is 9.71. The van der Waals surface area contributed by atoms with Crippen molar-refractivity contribution in [2.75, 3.05) is 0 Å². The van der Waals surface area contributed by atoms with Gasteiger partial charge in [-0.05, 0) is 36.7 Å². The van der Waals surface area contributed by atoms with Crippen LogP contribution in [0.15, 0.2) is 30.3 Å². The molecule has 14 heavy (non-hydrogen) atoms. The molecule has 1 aromatic carbocycles. The molecule has 0 atom stereocenters. The van der Waals surface area contributed by atoms with Crippen LogP contribution in [0.25, 0.3) is 0 Å². The molecule has 1 aliphatic carbocycles. The third-order valence-electron chi connectivity index (χ3n) is 3.49. The monoisotopic (exact) mass is 208 g/mol. The highest BCUT2D eigenvalue weighted by molar-refractivity contribution is 6.20. The fraction of sp³-hybridized carbons (Fsp3) is 0.538. The highest BCUT2D eigenvalue weighted by atomic mass is 35.5. The summed E-state index contributed by atoms with van der Waals surface area (Å²) >= 11 is 6.13. The van der Waals surface area contributed by atoms with Crippen molar-refractivity contribution in [3.05, 3.63) is 35.9 Å². The molecule has 0 saturated heterocycles. The van der Waals surface area contributed by atoms with E-state index in [0.29, 0.717) is 10.8 Å². The van der Waals surface area contributed by atoms with Crippen LogP contribution in [-0.2, 0) is 5.41 Å². The van der Waals surface area contributed by atoms with E-state index in [-0.39, 0.29) is 0 Å².